The molecule has 0 fully saturated rings. The van der Waals surface area contributed by atoms with Gasteiger partial charge in [0.05, 0.1) is 35.5 Å². The molecule has 0 aliphatic rings. The summed E-state index contributed by atoms with van der Waals surface area (Å²) in [6.45, 7) is 4.37. The molecule has 2 N–H and O–H groups in total. The summed E-state index contributed by atoms with van der Waals surface area (Å²) in [5.74, 6) is 0.447. The molecular weight excluding hydrogens is 416 g/mol. The van der Waals surface area contributed by atoms with Crippen molar-refractivity contribution in [2.75, 3.05) is 19.5 Å². The number of nitrogen functional groups attached to an aromatic ring is 1. The average molecular weight is 439 g/mol. The lowest BCUT2D eigenvalue weighted by molar-refractivity contribution is 0.0450. The first kappa shape index (κ1) is 20.9. The van der Waals surface area contributed by atoms with E-state index in [2.05, 4.69) is 4.98 Å². The second-order valence-electron chi connectivity index (χ2n) is 7.41. The molecule has 0 spiro atoms. The van der Waals surface area contributed by atoms with Crippen LogP contribution in [-0.2, 0) is 4.74 Å². The third-order valence-corrected chi connectivity index (χ3v) is 5.59. The second kappa shape index (κ2) is 8.43. The van der Waals surface area contributed by atoms with Crippen LogP contribution in [0.25, 0.3) is 27.9 Å². The average Bonchev–Trinajstić information content (AvgIpc) is 3.06. The summed E-state index contributed by atoms with van der Waals surface area (Å²) < 4.78 is 12.5. The van der Waals surface area contributed by atoms with Crippen LogP contribution in [-0.4, -0.2) is 34.2 Å². The predicted molar refractivity (Wildman–Crippen MR) is 122 cm³/mol. The zero-order chi connectivity index (χ0) is 22.1. The van der Waals surface area contributed by atoms with Gasteiger partial charge in [-0.3, -0.25) is 4.57 Å². The molecule has 0 saturated carbocycles. The molecule has 31 heavy (non-hydrogen) atoms. The van der Waals surface area contributed by atoms with E-state index in [1.54, 1.807) is 29.9 Å². The zero-order valence-corrected chi connectivity index (χ0v) is 18.3. The third-order valence-electron chi connectivity index (χ3n) is 5.29. The number of esters is 1. The Hall–Kier alpha value is -3.32. The van der Waals surface area contributed by atoms with Gasteiger partial charge in [-0.05, 0) is 36.2 Å². The number of anilines is 1. The lowest BCUT2D eigenvalue weighted by Gasteiger charge is -2.11. The molecule has 160 valence electrons. The topological polar surface area (TPSA) is 92.3 Å². The van der Waals surface area contributed by atoms with Crippen molar-refractivity contribution in [1.82, 2.24) is 14.5 Å². The maximum atomic E-state index is 13.0. The Labute approximate surface area is 184 Å². The number of carbonyl (C=O) groups is 1. The number of nitrogens with two attached hydrogens (primary N) is 1. The Morgan fingerprint density at radius 1 is 1.19 bits per heavy atom. The summed E-state index contributed by atoms with van der Waals surface area (Å²) in [5.41, 5.74) is 9.50. The highest BCUT2D eigenvalue weighted by Crippen LogP contribution is 2.34. The fourth-order valence-electron chi connectivity index (χ4n) is 3.33. The Kier molecular flexibility index (Phi) is 5.69. The number of hydrogen-bond acceptors (Lipinski definition) is 6. The maximum Gasteiger partial charge on any atom is 0.344 e. The van der Waals surface area contributed by atoms with Crippen LogP contribution in [0.15, 0.2) is 42.5 Å². The van der Waals surface area contributed by atoms with Crippen molar-refractivity contribution in [3.63, 3.8) is 0 Å². The minimum absolute atomic E-state index is 0.195. The molecular formula is C23H23ClN4O3. The van der Waals surface area contributed by atoms with Gasteiger partial charge in [-0.25, -0.2) is 14.8 Å². The quantitative estimate of drug-likeness (QED) is 0.425. The van der Waals surface area contributed by atoms with Crippen LogP contribution in [0.2, 0.25) is 5.02 Å². The highest BCUT2D eigenvalue weighted by Gasteiger charge is 2.26. The first-order chi connectivity index (χ1) is 14.9. The van der Waals surface area contributed by atoms with E-state index in [1.807, 2.05) is 38.1 Å². The Morgan fingerprint density at radius 3 is 2.55 bits per heavy atom. The molecule has 2 aromatic heterocycles. The van der Waals surface area contributed by atoms with Gasteiger partial charge in [-0.2, -0.15) is 0 Å². The summed E-state index contributed by atoms with van der Waals surface area (Å²) in [6.07, 6.45) is 0.902. The molecule has 2 heterocycles. The molecule has 7 nitrogen and oxygen atoms in total. The number of rotatable bonds is 6. The van der Waals surface area contributed by atoms with Gasteiger partial charge < -0.3 is 15.2 Å². The summed E-state index contributed by atoms with van der Waals surface area (Å²) in [5, 5.41) is 0.413. The molecule has 2 aromatic carbocycles. The summed E-state index contributed by atoms with van der Waals surface area (Å²) in [4.78, 5) is 22.4. The summed E-state index contributed by atoms with van der Waals surface area (Å²) >= 11 is 6.34. The number of hydrogen-bond donors (Lipinski definition) is 1. The van der Waals surface area contributed by atoms with Crippen LogP contribution in [0, 0.1) is 5.92 Å². The SMILES string of the molecule is CC[C@H](C)COC(=O)c1c(N)n(-c2ccc(OC)c(Cl)c2)c2nc3ccccc3nc12. The smallest absolute Gasteiger partial charge is 0.344 e. The number of benzene rings is 2. The number of methoxy groups -OCH3 is 1. The fourth-order valence-corrected chi connectivity index (χ4v) is 3.58. The molecule has 4 aromatic rings. The highest BCUT2D eigenvalue weighted by molar-refractivity contribution is 6.32. The van der Waals surface area contributed by atoms with E-state index >= 15 is 0 Å². The fraction of sp³-hybridized carbons (Fsp3) is 0.261. The number of fused-ring (bicyclic) bond motifs is 2. The molecule has 8 heteroatoms. The highest BCUT2D eigenvalue weighted by atomic mass is 35.5. The van der Waals surface area contributed by atoms with Gasteiger partial charge in [0, 0.05) is 0 Å². The van der Waals surface area contributed by atoms with Crippen LogP contribution in [0.1, 0.15) is 30.6 Å². The van der Waals surface area contributed by atoms with Crippen molar-refractivity contribution in [2.45, 2.75) is 20.3 Å². The molecule has 4 rings (SSSR count). The summed E-state index contributed by atoms with van der Waals surface area (Å²) in [6, 6.07) is 12.7. The molecule has 0 unspecified atom stereocenters. The zero-order valence-electron chi connectivity index (χ0n) is 17.6. The van der Waals surface area contributed by atoms with Gasteiger partial charge in [0.25, 0.3) is 0 Å². The van der Waals surface area contributed by atoms with E-state index < -0.39 is 5.97 Å². The van der Waals surface area contributed by atoms with Crippen LogP contribution < -0.4 is 10.5 Å². The third kappa shape index (κ3) is 3.77. The van der Waals surface area contributed by atoms with Crippen LogP contribution in [0.3, 0.4) is 0 Å². The maximum absolute atomic E-state index is 13.0. The minimum atomic E-state index is -0.522. The van der Waals surface area contributed by atoms with Crippen molar-refractivity contribution in [1.29, 1.82) is 0 Å². The number of carbonyl (C=O) groups excluding carboxylic acids is 1. The largest absolute Gasteiger partial charge is 0.495 e. The standard InChI is InChI=1S/C23H23ClN4O3/c1-4-13(2)12-31-23(29)19-20-22(27-17-8-6-5-7-16(17)26-20)28(21(19)25)14-9-10-18(30-3)15(24)11-14/h5-11,13H,4,12,25H2,1-3H3/t13-/m0/s1. The van der Waals surface area contributed by atoms with Gasteiger partial charge in [0.2, 0.25) is 0 Å². The number of halogens is 1. The first-order valence-electron chi connectivity index (χ1n) is 10.0. The second-order valence-corrected chi connectivity index (χ2v) is 7.82. The van der Waals surface area contributed by atoms with E-state index in [1.165, 1.54) is 0 Å². The van der Waals surface area contributed by atoms with E-state index in [0.717, 1.165) is 6.42 Å². The van der Waals surface area contributed by atoms with E-state index in [9.17, 15) is 4.79 Å². The predicted octanol–water partition coefficient (Wildman–Crippen LogP) is 5.02. The first-order valence-corrected chi connectivity index (χ1v) is 10.4. The van der Waals surface area contributed by atoms with E-state index in [-0.39, 0.29) is 17.3 Å². The summed E-state index contributed by atoms with van der Waals surface area (Å²) in [7, 11) is 1.54. The van der Waals surface area contributed by atoms with Gasteiger partial charge in [-0.15, -0.1) is 0 Å². The van der Waals surface area contributed by atoms with Crippen molar-refractivity contribution in [3.05, 3.63) is 53.1 Å². The Bertz CT molecular complexity index is 1290. The number of aromatic nitrogens is 3. The van der Waals surface area contributed by atoms with Crippen LogP contribution in [0.5, 0.6) is 5.75 Å². The normalized spacial score (nSPS) is 12.3. The number of para-hydroxylation sites is 2. The lowest BCUT2D eigenvalue weighted by atomic mass is 10.1. The molecule has 0 aliphatic carbocycles. The van der Waals surface area contributed by atoms with Crippen LogP contribution in [0.4, 0.5) is 5.82 Å². The molecule has 0 radical (unpaired) electrons. The van der Waals surface area contributed by atoms with Crippen molar-refractivity contribution >= 4 is 45.6 Å². The Balaban J connectivity index is 1.95. The molecule has 0 saturated heterocycles. The molecule has 0 bridgehead atoms. The Morgan fingerprint density at radius 2 is 1.90 bits per heavy atom. The van der Waals surface area contributed by atoms with Crippen molar-refractivity contribution in [2.24, 2.45) is 5.92 Å². The number of nitrogens with zero attached hydrogens (tertiary/aromatic N) is 3. The van der Waals surface area contributed by atoms with Crippen molar-refractivity contribution in [3.8, 4) is 11.4 Å². The van der Waals surface area contributed by atoms with Crippen LogP contribution >= 0.6 is 11.6 Å². The lowest BCUT2D eigenvalue weighted by Crippen LogP contribution is -2.13. The van der Waals surface area contributed by atoms with Gasteiger partial charge >= 0.3 is 5.97 Å². The monoisotopic (exact) mass is 438 g/mol. The molecule has 0 amide bonds. The van der Waals surface area contributed by atoms with Gasteiger partial charge in [0.15, 0.2) is 5.65 Å². The van der Waals surface area contributed by atoms with Gasteiger partial charge in [-0.1, -0.05) is 44.0 Å². The van der Waals surface area contributed by atoms with E-state index in [0.29, 0.717) is 45.3 Å². The van der Waals surface area contributed by atoms with Crippen molar-refractivity contribution < 1.29 is 14.3 Å². The molecule has 1 atom stereocenters. The molecule has 0 aliphatic heterocycles. The minimum Gasteiger partial charge on any atom is -0.495 e. The van der Waals surface area contributed by atoms with E-state index in [4.69, 9.17) is 31.8 Å². The van der Waals surface area contributed by atoms with Gasteiger partial charge in [0.1, 0.15) is 22.6 Å². The number of ether oxygens (including phenoxy) is 2.